The Bertz CT molecular complexity index is 878. The van der Waals surface area contributed by atoms with E-state index in [-0.39, 0.29) is 28.8 Å². The highest BCUT2D eigenvalue weighted by molar-refractivity contribution is 5.79. The number of carboxylic acid groups (broad SMARTS) is 1. The molecular weight excluding hydrogens is 464 g/mol. The molecule has 13 atom stereocenters. The Balaban J connectivity index is 1.28. The van der Waals surface area contributed by atoms with Crippen LogP contribution in [0.2, 0.25) is 0 Å². The summed E-state index contributed by atoms with van der Waals surface area (Å²) >= 11 is 0. The predicted molar refractivity (Wildman–Crippen MR) is 131 cm³/mol. The average molecular weight is 509 g/mol. The van der Waals surface area contributed by atoms with Crippen molar-refractivity contribution >= 4 is 5.97 Å². The topological polar surface area (TPSA) is 137 Å². The van der Waals surface area contributed by atoms with Gasteiger partial charge in [-0.25, -0.2) is 4.79 Å². The second kappa shape index (κ2) is 9.31. The SMILES string of the molecule is C[C@@H]1O[C@@H](O[C@H]2CC[C@@]3(C)[C@H](CC[C@@H]4[C@@H]3CC[C@]3(C)[C@@H](/C=C/C(=O)O)CC[C@]43O)C2)[C@H](O)[C@H](O)[C@H]1O. The van der Waals surface area contributed by atoms with Gasteiger partial charge in [-0.05, 0) is 93.8 Å². The van der Waals surface area contributed by atoms with Crippen molar-refractivity contribution in [3.8, 4) is 0 Å². The van der Waals surface area contributed by atoms with Crippen molar-refractivity contribution in [2.75, 3.05) is 0 Å². The van der Waals surface area contributed by atoms with Gasteiger partial charge in [-0.1, -0.05) is 19.9 Å². The summed E-state index contributed by atoms with van der Waals surface area (Å²) in [6, 6.07) is 0. The zero-order valence-electron chi connectivity index (χ0n) is 21.8. The van der Waals surface area contributed by atoms with Crippen molar-refractivity contribution < 1.29 is 39.8 Å². The lowest BCUT2D eigenvalue weighted by atomic mass is 9.43. The molecule has 0 unspecified atom stereocenters. The van der Waals surface area contributed by atoms with Gasteiger partial charge in [0.2, 0.25) is 0 Å². The number of aliphatic carboxylic acids is 1. The Kier molecular flexibility index (Phi) is 6.87. The molecule has 5 rings (SSSR count). The average Bonchev–Trinajstić information content (AvgIpc) is 3.10. The molecule has 0 aromatic carbocycles. The van der Waals surface area contributed by atoms with E-state index >= 15 is 0 Å². The van der Waals surface area contributed by atoms with Crippen LogP contribution in [0.1, 0.15) is 78.6 Å². The highest BCUT2D eigenvalue weighted by Crippen LogP contribution is 2.69. The summed E-state index contributed by atoms with van der Waals surface area (Å²) < 4.78 is 11.9. The highest BCUT2D eigenvalue weighted by atomic mass is 16.7. The molecule has 0 radical (unpaired) electrons. The van der Waals surface area contributed by atoms with E-state index in [1.807, 2.05) is 6.08 Å². The lowest BCUT2D eigenvalue weighted by Gasteiger charge is -2.63. The number of allylic oxidation sites excluding steroid dienone is 1. The van der Waals surface area contributed by atoms with Gasteiger partial charge in [0, 0.05) is 11.5 Å². The summed E-state index contributed by atoms with van der Waals surface area (Å²) in [4.78, 5) is 11.1. The zero-order chi connectivity index (χ0) is 26.0. The summed E-state index contributed by atoms with van der Waals surface area (Å²) in [5.74, 6) is 0.252. The first kappa shape index (κ1) is 26.6. The molecule has 4 aliphatic carbocycles. The molecule has 36 heavy (non-hydrogen) atoms. The molecule has 5 fully saturated rings. The van der Waals surface area contributed by atoms with Crippen LogP contribution in [-0.2, 0) is 14.3 Å². The number of hydrogen-bond acceptors (Lipinski definition) is 7. The number of hydrogen-bond donors (Lipinski definition) is 5. The largest absolute Gasteiger partial charge is 0.478 e. The maximum atomic E-state index is 12.2. The highest BCUT2D eigenvalue weighted by Gasteiger charge is 2.66. The third-order valence-corrected chi connectivity index (χ3v) is 11.5. The van der Waals surface area contributed by atoms with Gasteiger partial charge in [0.05, 0.1) is 17.8 Å². The van der Waals surface area contributed by atoms with Crippen LogP contribution in [0.15, 0.2) is 12.2 Å². The number of aliphatic hydroxyl groups is 4. The molecule has 0 aromatic rings. The molecular formula is C28H44O8. The Morgan fingerprint density at radius 1 is 0.944 bits per heavy atom. The van der Waals surface area contributed by atoms with Crippen LogP contribution in [0, 0.1) is 34.5 Å². The molecule has 5 N–H and O–H groups in total. The molecule has 1 saturated heterocycles. The second-order valence-electron chi connectivity index (χ2n) is 12.9. The molecule has 8 nitrogen and oxygen atoms in total. The molecule has 0 bridgehead atoms. The van der Waals surface area contributed by atoms with Gasteiger partial charge in [-0.15, -0.1) is 0 Å². The van der Waals surface area contributed by atoms with Gasteiger partial charge in [0.1, 0.15) is 18.3 Å². The van der Waals surface area contributed by atoms with Gasteiger partial charge in [0.25, 0.3) is 0 Å². The number of aliphatic hydroxyl groups excluding tert-OH is 3. The van der Waals surface area contributed by atoms with Crippen molar-refractivity contribution in [1.29, 1.82) is 0 Å². The molecule has 4 saturated carbocycles. The standard InChI is InChI=1S/C28H44O8/c1-15-22(31)23(32)24(33)25(35-15)36-18-9-11-26(2)17(14-18)4-6-20-19(26)10-12-27(3)16(5-7-21(29)30)8-13-28(20,27)34/h5,7,15-20,22-25,31-34H,4,6,8-14H2,1-3H3,(H,29,30)/b7-5+/t15-,16-,17+,18-,19-,20+,22-,23+,24+,25-,26-,27+,28-/m0/s1. The fourth-order valence-electron chi connectivity index (χ4n) is 9.17. The summed E-state index contributed by atoms with van der Waals surface area (Å²) in [5.41, 5.74) is -0.956. The van der Waals surface area contributed by atoms with Gasteiger partial charge >= 0.3 is 5.97 Å². The van der Waals surface area contributed by atoms with Crippen LogP contribution in [-0.4, -0.2) is 73.9 Å². The minimum atomic E-state index is -1.29. The first-order valence-corrected chi connectivity index (χ1v) is 13.9. The maximum Gasteiger partial charge on any atom is 0.327 e. The summed E-state index contributed by atoms with van der Waals surface area (Å²) in [6.07, 6.45) is 5.86. The Labute approximate surface area is 213 Å². The van der Waals surface area contributed by atoms with Gasteiger partial charge in [-0.2, -0.15) is 0 Å². The number of carboxylic acids is 1. The maximum absolute atomic E-state index is 12.2. The van der Waals surface area contributed by atoms with Crippen LogP contribution in [0.3, 0.4) is 0 Å². The van der Waals surface area contributed by atoms with E-state index in [2.05, 4.69) is 13.8 Å². The van der Waals surface area contributed by atoms with Crippen molar-refractivity contribution in [2.45, 2.75) is 121 Å². The van der Waals surface area contributed by atoms with E-state index in [4.69, 9.17) is 14.6 Å². The van der Waals surface area contributed by atoms with Crippen LogP contribution in [0.5, 0.6) is 0 Å². The number of carbonyl (C=O) groups is 1. The van der Waals surface area contributed by atoms with Crippen molar-refractivity contribution in [3.63, 3.8) is 0 Å². The smallest absolute Gasteiger partial charge is 0.327 e. The van der Waals surface area contributed by atoms with Crippen molar-refractivity contribution in [3.05, 3.63) is 12.2 Å². The molecule has 1 aliphatic heterocycles. The van der Waals surface area contributed by atoms with E-state index < -0.39 is 42.3 Å². The summed E-state index contributed by atoms with van der Waals surface area (Å²) in [5, 5.41) is 51.8. The second-order valence-corrected chi connectivity index (χ2v) is 12.9. The van der Waals surface area contributed by atoms with Crippen LogP contribution in [0.25, 0.3) is 0 Å². The summed E-state index contributed by atoms with van der Waals surface area (Å²) in [6.45, 7) is 6.23. The molecule has 1 heterocycles. The third-order valence-electron chi connectivity index (χ3n) is 11.5. The van der Waals surface area contributed by atoms with E-state index in [1.165, 1.54) is 6.08 Å². The van der Waals surface area contributed by atoms with E-state index in [0.717, 1.165) is 57.8 Å². The van der Waals surface area contributed by atoms with E-state index in [9.17, 15) is 25.2 Å². The minimum absolute atomic E-state index is 0.0807. The van der Waals surface area contributed by atoms with Crippen molar-refractivity contribution in [1.82, 2.24) is 0 Å². The number of ether oxygens (including phenoxy) is 2. The molecule has 0 spiro atoms. The number of rotatable bonds is 4. The normalized spacial score (nSPS) is 55.1. The Morgan fingerprint density at radius 2 is 1.69 bits per heavy atom. The molecule has 0 amide bonds. The Morgan fingerprint density at radius 3 is 2.42 bits per heavy atom. The quantitative estimate of drug-likeness (QED) is 0.289. The van der Waals surface area contributed by atoms with Crippen molar-refractivity contribution in [2.24, 2.45) is 34.5 Å². The monoisotopic (exact) mass is 508 g/mol. The number of fused-ring (bicyclic) bond motifs is 5. The first-order chi connectivity index (χ1) is 16.9. The molecule has 0 aromatic heterocycles. The van der Waals surface area contributed by atoms with Crippen LogP contribution < -0.4 is 0 Å². The first-order valence-electron chi connectivity index (χ1n) is 13.9. The van der Waals surface area contributed by atoms with Crippen LogP contribution in [0.4, 0.5) is 0 Å². The predicted octanol–water partition coefficient (Wildman–Crippen LogP) is 2.61. The summed E-state index contributed by atoms with van der Waals surface area (Å²) in [7, 11) is 0. The molecule has 204 valence electrons. The van der Waals surface area contributed by atoms with Crippen LogP contribution >= 0.6 is 0 Å². The minimum Gasteiger partial charge on any atom is -0.478 e. The zero-order valence-corrected chi connectivity index (χ0v) is 21.8. The van der Waals surface area contributed by atoms with Gasteiger partial charge in [0.15, 0.2) is 6.29 Å². The third kappa shape index (κ3) is 3.98. The van der Waals surface area contributed by atoms with Gasteiger partial charge < -0.3 is 35.0 Å². The molecule has 8 heteroatoms. The lowest BCUT2D eigenvalue weighted by molar-refractivity contribution is -0.310. The Hall–Kier alpha value is -1.03. The van der Waals surface area contributed by atoms with Gasteiger partial charge in [-0.3, -0.25) is 0 Å². The molecule has 5 aliphatic rings. The lowest BCUT2D eigenvalue weighted by Crippen LogP contribution is -2.62. The van der Waals surface area contributed by atoms with E-state index in [0.29, 0.717) is 11.8 Å². The fourth-order valence-corrected chi connectivity index (χ4v) is 9.17. The fraction of sp³-hybridized carbons (Fsp3) is 0.893. The van der Waals surface area contributed by atoms with E-state index in [1.54, 1.807) is 6.92 Å².